The molecule has 0 saturated carbocycles. The van der Waals surface area contributed by atoms with Crippen LogP contribution in [0.4, 0.5) is 5.82 Å². The summed E-state index contributed by atoms with van der Waals surface area (Å²) in [5, 5.41) is 18.9. The average molecular weight is 419 g/mol. The highest BCUT2D eigenvalue weighted by Gasteiger charge is 2.19. The number of aliphatic hydroxyl groups is 1. The molecule has 0 fully saturated rings. The third-order valence-electron chi connectivity index (χ3n) is 5.15. The molecule has 0 aliphatic rings. The summed E-state index contributed by atoms with van der Waals surface area (Å²) in [6, 6.07) is 20.5. The maximum absolute atomic E-state index is 9.46. The maximum Gasteiger partial charge on any atom is 0.165 e. The molecule has 0 aliphatic carbocycles. The number of nitriles is 1. The van der Waals surface area contributed by atoms with Crippen LogP contribution in [0.1, 0.15) is 11.3 Å². The molecule has 154 valence electrons. The van der Waals surface area contributed by atoms with Gasteiger partial charge in [0.15, 0.2) is 11.5 Å². The minimum atomic E-state index is -0.0479. The first-order valence-electron chi connectivity index (χ1n) is 9.85. The van der Waals surface area contributed by atoms with Crippen molar-refractivity contribution in [3.63, 3.8) is 0 Å². The van der Waals surface area contributed by atoms with Gasteiger partial charge in [-0.2, -0.15) is 5.26 Å². The number of benzene rings is 1. The fourth-order valence-electron chi connectivity index (χ4n) is 3.59. The molecule has 8 heteroatoms. The number of pyridine rings is 3. The standard InChI is InChI=1S/C24H17N7O/c25-13-21-17(3-1-11-27-21)19-9-10-20-24(29-19)31(16-7-5-15(14-32)6-8-16)23(30-20)18-4-2-12-28-22(18)26/h1-12,32H,14H2,(H2,26,28). The summed E-state index contributed by atoms with van der Waals surface area (Å²) in [5.74, 6) is 0.953. The van der Waals surface area contributed by atoms with Gasteiger partial charge in [-0.25, -0.2) is 19.9 Å². The smallest absolute Gasteiger partial charge is 0.165 e. The molecule has 4 aromatic heterocycles. The van der Waals surface area contributed by atoms with E-state index in [9.17, 15) is 10.4 Å². The van der Waals surface area contributed by atoms with E-state index >= 15 is 0 Å². The molecule has 8 nitrogen and oxygen atoms in total. The van der Waals surface area contributed by atoms with Crippen molar-refractivity contribution < 1.29 is 5.11 Å². The lowest BCUT2D eigenvalue weighted by molar-refractivity contribution is 0.282. The first-order valence-corrected chi connectivity index (χ1v) is 9.85. The van der Waals surface area contributed by atoms with E-state index in [2.05, 4.69) is 16.0 Å². The van der Waals surface area contributed by atoms with Gasteiger partial charge in [0.1, 0.15) is 23.1 Å². The molecule has 3 N–H and O–H groups in total. The molecule has 1 aromatic carbocycles. The van der Waals surface area contributed by atoms with Gasteiger partial charge in [-0.05, 0) is 54.1 Å². The molecular weight excluding hydrogens is 402 g/mol. The number of hydrogen-bond acceptors (Lipinski definition) is 7. The minimum Gasteiger partial charge on any atom is -0.392 e. The zero-order chi connectivity index (χ0) is 22.1. The Morgan fingerprint density at radius 3 is 2.38 bits per heavy atom. The first kappa shape index (κ1) is 19.4. The molecule has 0 atom stereocenters. The number of anilines is 1. The van der Waals surface area contributed by atoms with Crippen LogP contribution < -0.4 is 5.73 Å². The summed E-state index contributed by atoms with van der Waals surface area (Å²) in [6.07, 6.45) is 3.21. The number of rotatable bonds is 4. The van der Waals surface area contributed by atoms with Crippen LogP contribution in [-0.4, -0.2) is 29.6 Å². The number of imidazole rings is 1. The van der Waals surface area contributed by atoms with E-state index in [1.165, 1.54) is 0 Å². The summed E-state index contributed by atoms with van der Waals surface area (Å²) in [5.41, 5.74) is 11.3. The Hall–Kier alpha value is -4.61. The molecule has 0 unspecified atom stereocenters. The van der Waals surface area contributed by atoms with E-state index in [1.54, 1.807) is 24.5 Å². The van der Waals surface area contributed by atoms with Gasteiger partial charge in [0, 0.05) is 23.6 Å². The molecule has 0 bridgehead atoms. The van der Waals surface area contributed by atoms with Gasteiger partial charge < -0.3 is 10.8 Å². The molecule has 0 saturated heterocycles. The number of nitrogens with zero attached hydrogens (tertiary/aromatic N) is 6. The van der Waals surface area contributed by atoms with Crippen LogP contribution in [0.25, 0.3) is 39.5 Å². The van der Waals surface area contributed by atoms with Crippen LogP contribution in [0.5, 0.6) is 0 Å². The number of aromatic nitrogens is 5. The summed E-state index contributed by atoms with van der Waals surface area (Å²) < 4.78 is 1.90. The number of fused-ring (bicyclic) bond motifs is 1. The predicted octanol–water partition coefficient (Wildman–Crippen LogP) is 3.49. The van der Waals surface area contributed by atoms with E-state index in [1.807, 2.05) is 53.1 Å². The van der Waals surface area contributed by atoms with Crippen molar-refractivity contribution in [3.8, 4) is 34.4 Å². The Balaban J connectivity index is 1.80. The number of aliphatic hydroxyl groups excluding tert-OH is 1. The van der Waals surface area contributed by atoms with Crippen molar-refractivity contribution in [3.05, 3.63) is 84.3 Å². The third-order valence-corrected chi connectivity index (χ3v) is 5.15. The lowest BCUT2D eigenvalue weighted by atomic mass is 10.1. The molecule has 0 aliphatic heterocycles. The maximum atomic E-state index is 9.46. The molecule has 5 aromatic rings. The van der Waals surface area contributed by atoms with Crippen LogP contribution >= 0.6 is 0 Å². The van der Waals surface area contributed by atoms with Crippen molar-refractivity contribution in [2.45, 2.75) is 6.61 Å². The second-order valence-electron chi connectivity index (χ2n) is 7.08. The van der Waals surface area contributed by atoms with Crippen molar-refractivity contribution in [1.82, 2.24) is 24.5 Å². The number of hydrogen-bond donors (Lipinski definition) is 2. The van der Waals surface area contributed by atoms with Crippen LogP contribution in [-0.2, 0) is 6.61 Å². The normalized spacial score (nSPS) is 10.9. The van der Waals surface area contributed by atoms with Crippen LogP contribution in [0.15, 0.2) is 73.1 Å². The average Bonchev–Trinajstić information content (AvgIpc) is 3.22. The highest BCUT2D eigenvalue weighted by Crippen LogP contribution is 2.32. The van der Waals surface area contributed by atoms with Gasteiger partial charge in [-0.3, -0.25) is 4.57 Å². The Labute approximate surface area is 183 Å². The molecule has 32 heavy (non-hydrogen) atoms. The van der Waals surface area contributed by atoms with Crippen LogP contribution in [0.3, 0.4) is 0 Å². The first-order chi connectivity index (χ1) is 15.7. The third kappa shape index (κ3) is 3.23. The summed E-state index contributed by atoms with van der Waals surface area (Å²) in [7, 11) is 0. The molecule has 0 amide bonds. The van der Waals surface area contributed by atoms with Gasteiger partial charge in [0.25, 0.3) is 0 Å². The zero-order valence-corrected chi connectivity index (χ0v) is 16.8. The van der Waals surface area contributed by atoms with Crippen molar-refractivity contribution in [2.24, 2.45) is 0 Å². The van der Waals surface area contributed by atoms with Gasteiger partial charge in [0.2, 0.25) is 0 Å². The molecule has 5 rings (SSSR count). The highest BCUT2D eigenvalue weighted by atomic mass is 16.3. The fraction of sp³-hybridized carbons (Fsp3) is 0.0417. The van der Waals surface area contributed by atoms with E-state index in [4.69, 9.17) is 15.7 Å². The SMILES string of the molecule is N#Cc1ncccc1-c1ccc2nc(-c3cccnc3N)n(-c3ccc(CO)cc3)c2n1. The molecule has 4 heterocycles. The van der Waals surface area contributed by atoms with Crippen LogP contribution in [0, 0.1) is 11.3 Å². The molecule has 0 spiro atoms. The predicted molar refractivity (Wildman–Crippen MR) is 120 cm³/mol. The largest absolute Gasteiger partial charge is 0.392 e. The minimum absolute atomic E-state index is 0.0479. The highest BCUT2D eigenvalue weighted by molar-refractivity contribution is 5.85. The van der Waals surface area contributed by atoms with Crippen molar-refractivity contribution in [2.75, 3.05) is 5.73 Å². The Kier molecular flexibility index (Phi) is 4.78. The van der Waals surface area contributed by atoms with E-state index in [0.717, 1.165) is 11.3 Å². The second kappa shape index (κ2) is 7.91. The Morgan fingerprint density at radius 1 is 0.906 bits per heavy atom. The molecular formula is C24H17N7O. The van der Waals surface area contributed by atoms with Gasteiger partial charge in [-0.15, -0.1) is 0 Å². The monoisotopic (exact) mass is 419 g/mol. The second-order valence-corrected chi connectivity index (χ2v) is 7.08. The zero-order valence-electron chi connectivity index (χ0n) is 16.8. The van der Waals surface area contributed by atoms with E-state index in [0.29, 0.717) is 45.3 Å². The lowest BCUT2D eigenvalue weighted by Gasteiger charge is -2.11. The summed E-state index contributed by atoms with van der Waals surface area (Å²) >= 11 is 0. The van der Waals surface area contributed by atoms with E-state index < -0.39 is 0 Å². The Bertz CT molecular complexity index is 1480. The van der Waals surface area contributed by atoms with Gasteiger partial charge >= 0.3 is 0 Å². The number of nitrogen functional groups attached to an aromatic ring is 1. The molecule has 0 radical (unpaired) electrons. The Morgan fingerprint density at radius 2 is 1.66 bits per heavy atom. The van der Waals surface area contributed by atoms with Crippen LogP contribution in [0.2, 0.25) is 0 Å². The summed E-state index contributed by atoms with van der Waals surface area (Å²) in [4.78, 5) is 18.0. The van der Waals surface area contributed by atoms with E-state index in [-0.39, 0.29) is 6.61 Å². The van der Waals surface area contributed by atoms with Gasteiger partial charge in [0.05, 0.1) is 17.9 Å². The number of nitrogens with two attached hydrogens (primary N) is 1. The van der Waals surface area contributed by atoms with Crippen molar-refractivity contribution in [1.29, 1.82) is 5.26 Å². The van der Waals surface area contributed by atoms with Crippen molar-refractivity contribution >= 4 is 17.0 Å². The topological polar surface area (TPSA) is 127 Å². The lowest BCUT2D eigenvalue weighted by Crippen LogP contribution is -2.02. The quantitative estimate of drug-likeness (QED) is 0.456. The fourth-order valence-corrected chi connectivity index (χ4v) is 3.59. The van der Waals surface area contributed by atoms with Gasteiger partial charge in [-0.1, -0.05) is 12.1 Å². The summed E-state index contributed by atoms with van der Waals surface area (Å²) in [6.45, 7) is -0.0479.